The van der Waals surface area contributed by atoms with E-state index in [1.165, 1.54) is 23.5 Å². The van der Waals surface area contributed by atoms with E-state index in [9.17, 15) is 22.4 Å². The van der Waals surface area contributed by atoms with Crippen LogP contribution in [0.3, 0.4) is 0 Å². The van der Waals surface area contributed by atoms with Gasteiger partial charge in [0.15, 0.2) is 11.6 Å². The molecule has 0 saturated carbocycles. The van der Waals surface area contributed by atoms with Gasteiger partial charge in [-0.15, -0.1) is 11.3 Å². The van der Waals surface area contributed by atoms with Gasteiger partial charge in [-0.3, -0.25) is 14.8 Å². The zero-order chi connectivity index (χ0) is 34.8. The summed E-state index contributed by atoms with van der Waals surface area (Å²) in [6.07, 6.45) is -1.19. The molecule has 0 saturated heterocycles. The Labute approximate surface area is 284 Å². The number of halogens is 5. The molecule has 7 nitrogen and oxygen atoms in total. The van der Waals surface area contributed by atoms with Gasteiger partial charge in [-0.25, -0.2) is 8.78 Å². The van der Waals surface area contributed by atoms with Crippen molar-refractivity contribution in [1.82, 2.24) is 15.3 Å². The van der Waals surface area contributed by atoms with Gasteiger partial charge in [-0.2, -0.15) is 13.2 Å². The number of carbonyl (C=O) groups excluding carboxylic acids is 1. The fourth-order valence-corrected chi connectivity index (χ4v) is 5.93. The fourth-order valence-electron chi connectivity index (χ4n) is 4.88. The molecule has 0 unspecified atom stereocenters. The van der Waals surface area contributed by atoms with E-state index in [0.717, 1.165) is 35.2 Å². The van der Waals surface area contributed by atoms with Gasteiger partial charge in [-0.05, 0) is 65.6 Å². The Morgan fingerprint density at radius 1 is 0.837 bits per heavy atom. The lowest BCUT2D eigenvalue weighted by atomic mass is 10.0. The maximum atomic E-state index is 15.1. The number of fused-ring (bicyclic) bond motifs is 1. The Kier molecular flexibility index (Phi) is 12.4. The van der Waals surface area contributed by atoms with E-state index in [-0.39, 0.29) is 23.3 Å². The van der Waals surface area contributed by atoms with E-state index in [2.05, 4.69) is 22.2 Å². The number of nitrogens with one attached hydrogen (secondary N) is 1. The molecule has 3 heterocycles. The van der Waals surface area contributed by atoms with Crippen LogP contribution in [0.1, 0.15) is 35.6 Å². The molecule has 1 N–H and O–H groups in total. The van der Waals surface area contributed by atoms with Crippen LogP contribution in [-0.4, -0.2) is 48.7 Å². The van der Waals surface area contributed by atoms with Crippen molar-refractivity contribution in [3.8, 4) is 22.1 Å². The predicted octanol–water partition coefficient (Wildman–Crippen LogP) is 8.33. The topological polar surface area (TPSA) is 82.6 Å². The molecular weight excluding hydrogens is 665 g/mol. The number of ketones is 1. The van der Waals surface area contributed by atoms with Gasteiger partial charge >= 0.3 is 6.18 Å². The number of Topliss-reactive ketones (excluding diaryl/α,β-unsaturated/α-hetero) is 1. The Morgan fingerprint density at radius 3 is 2.37 bits per heavy atom. The largest absolute Gasteiger partial charge is 0.453 e. The maximum Gasteiger partial charge on any atom is 0.416 e. The van der Waals surface area contributed by atoms with Crippen LogP contribution in [0, 0.1) is 11.6 Å². The molecule has 2 aromatic carbocycles. The molecule has 49 heavy (non-hydrogen) atoms. The number of rotatable bonds is 17. The Balaban J connectivity index is 1.17. The molecule has 0 aliphatic carbocycles. The van der Waals surface area contributed by atoms with Crippen molar-refractivity contribution in [2.24, 2.45) is 0 Å². The van der Waals surface area contributed by atoms with E-state index < -0.39 is 35.6 Å². The van der Waals surface area contributed by atoms with Gasteiger partial charge in [0, 0.05) is 51.0 Å². The first kappa shape index (κ1) is 36.0. The number of nitrogens with zero attached hydrogens (tertiary/aromatic N) is 2. The molecule has 0 bridgehead atoms. The molecular formula is C36H34F5N3O4S. The van der Waals surface area contributed by atoms with Gasteiger partial charge in [0.05, 0.1) is 46.2 Å². The van der Waals surface area contributed by atoms with Crippen LogP contribution >= 0.6 is 11.3 Å². The van der Waals surface area contributed by atoms with Crippen LogP contribution in [0.4, 0.5) is 22.0 Å². The zero-order valence-corrected chi connectivity index (χ0v) is 27.4. The lowest BCUT2D eigenvalue weighted by molar-refractivity contribution is -0.137. The highest BCUT2D eigenvalue weighted by molar-refractivity contribution is 7.22. The van der Waals surface area contributed by atoms with Crippen molar-refractivity contribution in [1.29, 1.82) is 0 Å². The van der Waals surface area contributed by atoms with Gasteiger partial charge in [0.1, 0.15) is 17.3 Å². The second-order valence-corrected chi connectivity index (χ2v) is 12.2. The summed E-state index contributed by atoms with van der Waals surface area (Å²) in [5.41, 5.74) is 1.26. The molecule has 0 aliphatic rings. The third-order valence-corrected chi connectivity index (χ3v) is 8.47. The van der Waals surface area contributed by atoms with Gasteiger partial charge in [0.25, 0.3) is 0 Å². The van der Waals surface area contributed by atoms with Crippen LogP contribution in [0.2, 0.25) is 0 Å². The normalized spacial score (nSPS) is 11.7. The number of aromatic nitrogens is 2. The van der Waals surface area contributed by atoms with Crippen LogP contribution in [0.15, 0.2) is 73.1 Å². The van der Waals surface area contributed by atoms with Crippen LogP contribution in [0.5, 0.6) is 11.5 Å². The SMILES string of the molecule is CCCOCCOCCNCc1ccc(-c2cc3nccc(Oc4ccc(CC(=O)Cc5cc(C(F)(F)F)ccc5F)cc4F)c3s2)nc1. The molecule has 258 valence electrons. The van der Waals surface area contributed by atoms with Crippen LogP contribution < -0.4 is 10.1 Å². The molecule has 0 spiro atoms. The highest BCUT2D eigenvalue weighted by Crippen LogP contribution is 2.39. The number of hydrogen-bond acceptors (Lipinski definition) is 8. The summed E-state index contributed by atoms with van der Waals surface area (Å²) in [7, 11) is 0. The molecule has 0 aliphatic heterocycles. The second kappa shape index (κ2) is 16.9. The average molecular weight is 700 g/mol. The highest BCUT2D eigenvalue weighted by Gasteiger charge is 2.31. The maximum absolute atomic E-state index is 15.1. The summed E-state index contributed by atoms with van der Waals surface area (Å²) in [6.45, 7) is 5.90. The zero-order valence-electron chi connectivity index (χ0n) is 26.6. The average Bonchev–Trinajstić information content (AvgIpc) is 3.51. The standard InChI is InChI=1S/C36H34F5N3O4S/c1-2-12-46-14-15-47-13-11-42-21-24-3-7-30(44-22-24)34-20-31-35(49-34)33(9-10-43-31)48-32-8-4-23(17-29(32)38)16-27(45)19-25-18-26(36(39,40)41)5-6-28(25)37/h3-10,17-18,20,22,42H,2,11-16,19,21H2,1H3. The molecule has 0 fully saturated rings. The first-order valence-corrected chi connectivity index (χ1v) is 16.5. The summed E-state index contributed by atoms with van der Waals surface area (Å²) in [4.78, 5) is 22.4. The first-order valence-electron chi connectivity index (χ1n) is 15.6. The number of carbonyl (C=O) groups is 1. The van der Waals surface area contributed by atoms with Gasteiger partial charge in [0.2, 0.25) is 0 Å². The number of alkyl halides is 3. The minimum Gasteiger partial charge on any atom is -0.453 e. The van der Waals surface area contributed by atoms with Crippen molar-refractivity contribution in [3.63, 3.8) is 0 Å². The Hall–Kier alpha value is -4.30. The summed E-state index contributed by atoms with van der Waals surface area (Å²) >= 11 is 1.40. The lowest BCUT2D eigenvalue weighted by Crippen LogP contribution is -2.20. The first-order chi connectivity index (χ1) is 23.6. The molecule has 0 radical (unpaired) electrons. The molecule has 0 atom stereocenters. The fraction of sp³-hybridized carbons (Fsp3) is 0.306. The number of hydrogen-bond donors (Lipinski definition) is 1. The number of benzene rings is 2. The number of thiophene rings is 1. The Morgan fingerprint density at radius 2 is 1.63 bits per heavy atom. The van der Waals surface area contributed by atoms with Crippen LogP contribution in [0.25, 0.3) is 20.8 Å². The minimum absolute atomic E-state index is 0.0900. The Bertz CT molecular complexity index is 1860. The van der Waals surface area contributed by atoms with E-state index in [1.54, 1.807) is 18.5 Å². The number of pyridine rings is 2. The van der Waals surface area contributed by atoms with Crippen molar-refractivity contribution in [3.05, 3.63) is 107 Å². The van der Waals surface area contributed by atoms with E-state index in [0.29, 0.717) is 67.1 Å². The van der Waals surface area contributed by atoms with Gasteiger partial charge < -0.3 is 19.5 Å². The summed E-state index contributed by atoms with van der Waals surface area (Å²) in [6, 6.07) is 13.3. The molecule has 3 aromatic heterocycles. The van der Waals surface area contributed by atoms with E-state index >= 15 is 4.39 Å². The van der Waals surface area contributed by atoms with E-state index in [4.69, 9.17) is 14.2 Å². The molecule has 13 heteroatoms. The molecule has 0 amide bonds. The third-order valence-electron chi connectivity index (χ3n) is 7.30. The minimum atomic E-state index is -4.67. The monoisotopic (exact) mass is 699 g/mol. The highest BCUT2D eigenvalue weighted by atomic mass is 32.1. The van der Waals surface area contributed by atoms with E-state index in [1.807, 2.05) is 18.2 Å². The van der Waals surface area contributed by atoms with Gasteiger partial charge in [-0.1, -0.05) is 19.1 Å². The lowest BCUT2D eigenvalue weighted by Gasteiger charge is -2.10. The second-order valence-electron chi connectivity index (χ2n) is 11.2. The third kappa shape index (κ3) is 10.1. The van der Waals surface area contributed by atoms with Crippen molar-refractivity contribution in [2.75, 3.05) is 33.0 Å². The quantitative estimate of drug-likeness (QED) is 0.0772. The smallest absolute Gasteiger partial charge is 0.416 e. The summed E-state index contributed by atoms with van der Waals surface area (Å²) < 4.78 is 85.8. The number of ether oxygens (including phenoxy) is 3. The molecule has 5 rings (SSSR count). The van der Waals surface area contributed by atoms with Crippen molar-refractivity contribution in [2.45, 2.75) is 38.9 Å². The van der Waals surface area contributed by atoms with Crippen molar-refractivity contribution < 1.29 is 41.0 Å². The summed E-state index contributed by atoms with van der Waals surface area (Å²) in [5.74, 6) is -1.94. The van der Waals surface area contributed by atoms with Crippen molar-refractivity contribution >= 4 is 27.3 Å². The predicted molar refractivity (Wildman–Crippen MR) is 177 cm³/mol. The summed E-state index contributed by atoms with van der Waals surface area (Å²) in [5, 5.41) is 3.33. The molecule has 5 aromatic rings. The van der Waals surface area contributed by atoms with Crippen LogP contribution in [-0.2, 0) is 39.8 Å².